The molecule has 6 nitrogen and oxygen atoms in total. The Morgan fingerprint density at radius 3 is 2.73 bits per heavy atom. The summed E-state index contributed by atoms with van der Waals surface area (Å²) < 4.78 is 5.62. The van der Waals surface area contributed by atoms with Gasteiger partial charge in [-0.15, -0.1) is 22.9 Å². The number of hydrogen-bond acceptors (Lipinski definition) is 6. The number of benzene rings is 1. The number of hydrogen-bond donors (Lipinski definition) is 1. The van der Waals surface area contributed by atoms with E-state index in [2.05, 4.69) is 15.0 Å². The smallest absolute Gasteiger partial charge is 0.349 e. The number of carbonyl (C=O) groups is 1. The molecule has 0 unspecified atom stereocenters. The molecule has 1 heterocycles. The van der Waals surface area contributed by atoms with Crippen molar-refractivity contribution < 1.29 is 14.4 Å². The van der Waals surface area contributed by atoms with Crippen LogP contribution in [-0.2, 0) is 16.2 Å². The average Bonchev–Trinajstić information content (AvgIpc) is 2.96. The molecular weight excluding hydrogens is 326 g/mol. The predicted octanol–water partition coefficient (Wildman–Crippen LogP) is 2.43. The van der Waals surface area contributed by atoms with Gasteiger partial charge in [-0.3, -0.25) is 0 Å². The molecule has 0 bridgehead atoms. The highest BCUT2D eigenvalue weighted by Crippen LogP contribution is 2.15. The Hall–Kier alpha value is -2.12. The summed E-state index contributed by atoms with van der Waals surface area (Å²) in [7, 11) is 0. The monoisotopic (exact) mass is 339 g/mol. The van der Waals surface area contributed by atoms with Crippen LogP contribution < -0.4 is 10.5 Å². The van der Waals surface area contributed by atoms with Gasteiger partial charge in [0.05, 0.1) is 10.7 Å². The number of amidine groups is 1. The van der Waals surface area contributed by atoms with Gasteiger partial charge in [-0.25, -0.2) is 9.78 Å². The largest absolute Gasteiger partial charge is 0.487 e. The highest BCUT2D eigenvalue weighted by Gasteiger charge is 2.04. The van der Waals surface area contributed by atoms with Crippen LogP contribution in [-0.4, -0.2) is 22.7 Å². The number of nitrogens with two attached hydrogens (primary N) is 1. The first-order valence-corrected chi connectivity index (χ1v) is 7.73. The van der Waals surface area contributed by atoms with Crippen molar-refractivity contribution in [1.29, 1.82) is 0 Å². The van der Waals surface area contributed by atoms with Gasteiger partial charge in [-0.05, 0) is 31.2 Å². The van der Waals surface area contributed by atoms with E-state index in [1.807, 2.05) is 12.3 Å². The molecule has 2 aromatic rings. The SMILES string of the molecule is Cc1nc(COc2ccc(C(N)=NOC(=O)CCl)cc2)cs1. The fourth-order valence-corrected chi connectivity index (χ4v) is 2.18. The molecule has 0 aliphatic carbocycles. The van der Waals surface area contributed by atoms with E-state index in [1.165, 1.54) is 0 Å². The Kier molecular flexibility index (Phi) is 5.74. The van der Waals surface area contributed by atoms with Crippen molar-refractivity contribution in [3.63, 3.8) is 0 Å². The normalized spacial score (nSPS) is 11.3. The van der Waals surface area contributed by atoms with Crippen LogP contribution >= 0.6 is 22.9 Å². The number of aryl methyl sites for hydroxylation is 1. The maximum atomic E-state index is 10.9. The highest BCUT2D eigenvalue weighted by atomic mass is 35.5. The molecule has 0 radical (unpaired) electrons. The van der Waals surface area contributed by atoms with Gasteiger partial charge in [-0.1, -0.05) is 5.16 Å². The molecule has 0 aliphatic heterocycles. The van der Waals surface area contributed by atoms with E-state index in [1.54, 1.807) is 35.6 Å². The molecule has 1 aromatic heterocycles. The Morgan fingerprint density at radius 2 is 2.14 bits per heavy atom. The van der Waals surface area contributed by atoms with Gasteiger partial charge in [-0.2, -0.15) is 0 Å². The van der Waals surface area contributed by atoms with Gasteiger partial charge in [0, 0.05) is 10.9 Å². The number of carbonyl (C=O) groups excluding carboxylic acids is 1. The van der Waals surface area contributed by atoms with Crippen molar-refractivity contribution in [2.45, 2.75) is 13.5 Å². The molecule has 1 aromatic carbocycles. The van der Waals surface area contributed by atoms with E-state index in [9.17, 15) is 4.79 Å². The summed E-state index contributed by atoms with van der Waals surface area (Å²) in [6.45, 7) is 2.35. The van der Waals surface area contributed by atoms with Crippen LogP contribution in [0.1, 0.15) is 16.3 Å². The average molecular weight is 340 g/mol. The topological polar surface area (TPSA) is 86.8 Å². The Bertz CT molecular complexity index is 670. The molecule has 0 saturated carbocycles. The van der Waals surface area contributed by atoms with E-state index in [0.29, 0.717) is 17.9 Å². The molecule has 116 valence electrons. The lowest BCUT2D eigenvalue weighted by molar-refractivity contribution is -0.140. The molecule has 2 N–H and O–H groups in total. The lowest BCUT2D eigenvalue weighted by atomic mass is 10.2. The van der Waals surface area contributed by atoms with Crippen LogP contribution in [0.5, 0.6) is 5.75 Å². The third kappa shape index (κ3) is 4.71. The third-order valence-electron chi connectivity index (χ3n) is 2.56. The third-order valence-corrected chi connectivity index (χ3v) is 3.60. The van der Waals surface area contributed by atoms with Gasteiger partial charge < -0.3 is 15.3 Å². The van der Waals surface area contributed by atoms with Crippen molar-refractivity contribution in [3.05, 3.63) is 45.9 Å². The number of oxime groups is 1. The molecule has 0 aliphatic rings. The van der Waals surface area contributed by atoms with Crippen LogP contribution in [0.15, 0.2) is 34.8 Å². The van der Waals surface area contributed by atoms with E-state index in [4.69, 9.17) is 22.1 Å². The molecular formula is C14H14ClN3O3S. The number of ether oxygens (including phenoxy) is 1. The summed E-state index contributed by atoms with van der Waals surface area (Å²) in [5.74, 6) is -0.178. The molecule has 2 rings (SSSR count). The van der Waals surface area contributed by atoms with Gasteiger partial charge >= 0.3 is 5.97 Å². The number of alkyl halides is 1. The van der Waals surface area contributed by atoms with Crippen molar-refractivity contribution in [3.8, 4) is 5.75 Å². The lowest BCUT2D eigenvalue weighted by Crippen LogP contribution is -2.15. The Balaban J connectivity index is 1.93. The summed E-state index contributed by atoms with van der Waals surface area (Å²) in [5, 5.41) is 6.46. The van der Waals surface area contributed by atoms with Crippen LogP contribution in [0.3, 0.4) is 0 Å². The van der Waals surface area contributed by atoms with Crippen molar-refractivity contribution in [2.24, 2.45) is 10.9 Å². The number of nitrogens with zero attached hydrogens (tertiary/aromatic N) is 2. The molecule has 0 fully saturated rings. The number of thiazole rings is 1. The van der Waals surface area contributed by atoms with E-state index in [0.717, 1.165) is 10.7 Å². The molecule has 8 heteroatoms. The van der Waals surface area contributed by atoms with Gasteiger partial charge in [0.15, 0.2) is 5.84 Å². The zero-order chi connectivity index (χ0) is 15.9. The summed E-state index contributed by atoms with van der Waals surface area (Å²) in [6.07, 6.45) is 0. The summed E-state index contributed by atoms with van der Waals surface area (Å²) in [5.41, 5.74) is 7.20. The molecule has 22 heavy (non-hydrogen) atoms. The van der Waals surface area contributed by atoms with Crippen LogP contribution in [0.2, 0.25) is 0 Å². The van der Waals surface area contributed by atoms with Gasteiger partial charge in [0.25, 0.3) is 0 Å². The quantitative estimate of drug-likeness (QED) is 0.287. The van der Waals surface area contributed by atoms with E-state index in [-0.39, 0.29) is 11.7 Å². The minimum Gasteiger partial charge on any atom is -0.487 e. The minimum absolute atomic E-state index is 0.0835. The maximum Gasteiger partial charge on any atom is 0.349 e. The maximum absolute atomic E-state index is 10.9. The second-order valence-electron chi connectivity index (χ2n) is 4.24. The predicted molar refractivity (Wildman–Crippen MR) is 85.2 cm³/mol. The van der Waals surface area contributed by atoms with Crippen LogP contribution in [0.4, 0.5) is 0 Å². The minimum atomic E-state index is -0.664. The molecule has 0 spiro atoms. The first kappa shape index (κ1) is 16.3. The highest BCUT2D eigenvalue weighted by molar-refractivity contribution is 7.09. The molecule has 0 saturated heterocycles. The first-order chi connectivity index (χ1) is 10.6. The first-order valence-electron chi connectivity index (χ1n) is 6.32. The number of halogens is 1. The summed E-state index contributed by atoms with van der Waals surface area (Å²) in [6, 6.07) is 6.94. The second kappa shape index (κ2) is 7.77. The number of aromatic nitrogens is 1. The zero-order valence-electron chi connectivity index (χ0n) is 11.8. The van der Waals surface area contributed by atoms with Crippen molar-refractivity contribution in [2.75, 3.05) is 5.88 Å². The van der Waals surface area contributed by atoms with E-state index < -0.39 is 5.97 Å². The van der Waals surface area contributed by atoms with E-state index >= 15 is 0 Å². The fraction of sp³-hybridized carbons (Fsp3) is 0.214. The summed E-state index contributed by atoms with van der Waals surface area (Å²) in [4.78, 5) is 19.7. The lowest BCUT2D eigenvalue weighted by Gasteiger charge is -2.05. The Labute approximate surface area is 136 Å². The Morgan fingerprint density at radius 1 is 1.41 bits per heavy atom. The second-order valence-corrected chi connectivity index (χ2v) is 5.57. The van der Waals surface area contributed by atoms with Gasteiger partial charge in [0.2, 0.25) is 0 Å². The van der Waals surface area contributed by atoms with Crippen molar-refractivity contribution in [1.82, 2.24) is 4.98 Å². The standard InChI is InChI=1S/C14H14ClN3O3S/c1-9-17-11(8-22-9)7-20-12-4-2-10(3-5-12)14(16)18-21-13(19)6-15/h2-5,8H,6-7H2,1H3,(H2,16,18). The van der Waals surface area contributed by atoms with Crippen LogP contribution in [0, 0.1) is 6.92 Å². The zero-order valence-corrected chi connectivity index (χ0v) is 13.4. The number of rotatable bonds is 6. The summed E-state index contributed by atoms with van der Waals surface area (Å²) >= 11 is 6.86. The molecule has 0 amide bonds. The van der Waals surface area contributed by atoms with Gasteiger partial charge in [0.1, 0.15) is 18.2 Å². The fourth-order valence-electron chi connectivity index (χ4n) is 1.53. The molecule has 0 atom stereocenters. The van der Waals surface area contributed by atoms with Crippen LogP contribution in [0.25, 0.3) is 0 Å². The van der Waals surface area contributed by atoms with Crippen molar-refractivity contribution >= 4 is 34.7 Å².